The standard InChI is InChI=1S/C18H36N2O4.2H2/c1-5-16(4)20-17(21)14-24-13-12-23-11-9-7-6-8-10-19-18(22)15(2)3;;/h15-16H,5-14H2,1-4H3,(H,19,22)(H,20,21);2*1H. The maximum absolute atomic E-state index is 11.4. The number of unbranched alkanes of at least 4 members (excludes halogenated alkanes) is 3. The van der Waals surface area contributed by atoms with E-state index in [2.05, 4.69) is 10.6 Å². The molecule has 6 heteroatoms. The highest BCUT2D eigenvalue weighted by atomic mass is 16.5. The lowest BCUT2D eigenvalue weighted by molar-refractivity contribution is -0.127. The van der Waals surface area contributed by atoms with Gasteiger partial charge in [-0.15, -0.1) is 0 Å². The Labute approximate surface area is 150 Å². The van der Waals surface area contributed by atoms with Crippen LogP contribution in [0.3, 0.4) is 0 Å². The number of carbonyl (C=O) groups excluding carboxylic acids is 2. The summed E-state index contributed by atoms with van der Waals surface area (Å²) in [4.78, 5) is 22.8. The highest BCUT2D eigenvalue weighted by Crippen LogP contribution is 2.00. The number of ether oxygens (including phenoxy) is 2. The number of rotatable bonds is 15. The second kappa shape index (κ2) is 15.4. The highest BCUT2D eigenvalue weighted by Gasteiger charge is 2.05. The Hall–Kier alpha value is -1.14. The van der Waals surface area contributed by atoms with Gasteiger partial charge < -0.3 is 20.1 Å². The molecule has 0 aromatic heterocycles. The molecule has 0 aliphatic rings. The van der Waals surface area contributed by atoms with Crippen LogP contribution in [0.25, 0.3) is 0 Å². The van der Waals surface area contributed by atoms with Crippen LogP contribution in [0.15, 0.2) is 0 Å². The Bertz CT molecular complexity index is 345. The van der Waals surface area contributed by atoms with Gasteiger partial charge in [-0.05, 0) is 26.2 Å². The highest BCUT2D eigenvalue weighted by molar-refractivity contribution is 5.77. The minimum Gasteiger partial charge on any atom is -0.379 e. The monoisotopic (exact) mass is 348 g/mol. The van der Waals surface area contributed by atoms with Gasteiger partial charge in [0.2, 0.25) is 11.8 Å². The number of carbonyl (C=O) groups is 2. The molecule has 24 heavy (non-hydrogen) atoms. The molecule has 0 saturated heterocycles. The van der Waals surface area contributed by atoms with Crippen LogP contribution in [0.1, 0.15) is 62.7 Å². The van der Waals surface area contributed by atoms with Gasteiger partial charge in [0.05, 0.1) is 13.2 Å². The van der Waals surface area contributed by atoms with Crippen molar-refractivity contribution in [3.05, 3.63) is 0 Å². The molecule has 2 amide bonds. The molecule has 1 atom stereocenters. The Morgan fingerprint density at radius 3 is 2.29 bits per heavy atom. The second-order valence-electron chi connectivity index (χ2n) is 6.40. The van der Waals surface area contributed by atoms with E-state index >= 15 is 0 Å². The van der Waals surface area contributed by atoms with Crippen molar-refractivity contribution in [2.75, 3.05) is 33.0 Å². The van der Waals surface area contributed by atoms with Gasteiger partial charge in [0.1, 0.15) is 6.61 Å². The Morgan fingerprint density at radius 2 is 1.62 bits per heavy atom. The zero-order valence-electron chi connectivity index (χ0n) is 15.9. The summed E-state index contributed by atoms with van der Waals surface area (Å²) in [6.07, 6.45) is 5.11. The van der Waals surface area contributed by atoms with E-state index in [1.165, 1.54) is 0 Å². The van der Waals surface area contributed by atoms with Crippen molar-refractivity contribution in [1.29, 1.82) is 0 Å². The van der Waals surface area contributed by atoms with Crippen molar-refractivity contribution < 1.29 is 21.9 Å². The summed E-state index contributed by atoms with van der Waals surface area (Å²) in [5.74, 6) is 0.104. The summed E-state index contributed by atoms with van der Waals surface area (Å²) in [7, 11) is 0. The molecule has 2 N–H and O–H groups in total. The van der Waals surface area contributed by atoms with Crippen LogP contribution in [-0.2, 0) is 19.1 Å². The van der Waals surface area contributed by atoms with Crippen LogP contribution in [0, 0.1) is 5.92 Å². The molecule has 0 aromatic rings. The van der Waals surface area contributed by atoms with Crippen molar-refractivity contribution >= 4 is 11.8 Å². The number of amides is 2. The van der Waals surface area contributed by atoms with E-state index in [1.54, 1.807) is 0 Å². The van der Waals surface area contributed by atoms with Gasteiger partial charge in [0.25, 0.3) is 0 Å². The van der Waals surface area contributed by atoms with Gasteiger partial charge in [-0.25, -0.2) is 0 Å². The van der Waals surface area contributed by atoms with E-state index < -0.39 is 0 Å². The molecule has 0 heterocycles. The van der Waals surface area contributed by atoms with Gasteiger partial charge in [0.15, 0.2) is 0 Å². The lowest BCUT2D eigenvalue weighted by Gasteiger charge is -2.11. The summed E-state index contributed by atoms with van der Waals surface area (Å²) in [6.45, 7) is 10.3. The third-order valence-electron chi connectivity index (χ3n) is 3.66. The van der Waals surface area contributed by atoms with Crippen LogP contribution in [0.2, 0.25) is 0 Å². The third-order valence-corrected chi connectivity index (χ3v) is 3.66. The number of hydrogen-bond donors (Lipinski definition) is 2. The quantitative estimate of drug-likeness (QED) is 0.446. The first-order chi connectivity index (χ1) is 11.5. The first kappa shape index (κ1) is 22.9. The van der Waals surface area contributed by atoms with Gasteiger partial charge in [-0.2, -0.15) is 0 Å². The Morgan fingerprint density at radius 1 is 0.958 bits per heavy atom. The minimum atomic E-state index is -0.0751. The predicted molar refractivity (Wildman–Crippen MR) is 100 cm³/mol. The van der Waals surface area contributed by atoms with Gasteiger partial charge in [-0.1, -0.05) is 33.6 Å². The van der Waals surface area contributed by atoms with Gasteiger partial charge in [-0.3, -0.25) is 9.59 Å². The summed E-state index contributed by atoms with van der Waals surface area (Å²) in [6, 6.07) is 0.191. The molecule has 6 nitrogen and oxygen atoms in total. The maximum atomic E-state index is 11.4. The third kappa shape index (κ3) is 14.5. The first-order valence-corrected chi connectivity index (χ1v) is 9.19. The molecule has 146 valence electrons. The fourth-order valence-electron chi connectivity index (χ4n) is 1.90. The van der Waals surface area contributed by atoms with E-state index in [-0.39, 0.29) is 33.2 Å². The molecule has 1 unspecified atom stereocenters. The van der Waals surface area contributed by atoms with Crippen LogP contribution in [0.5, 0.6) is 0 Å². The van der Waals surface area contributed by atoms with Crippen LogP contribution in [-0.4, -0.2) is 50.8 Å². The molecule has 0 radical (unpaired) electrons. The number of hydrogen-bond acceptors (Lipinski definition) is 4. The van der Waals surface area contributed by atoms with Crippen molar-refractivity contribution in [2.45, 2.75) is 65.8 Å². The zero-order valence-corrected chi connectivity index (χ0v) is 15.9. The number of nitrogens with one attached hydrogen (secondary N) is 2. The molecule has 0 saturated carbocycles. The Kier molecular flexibility index (Phi) is 14.7. The van der Waals surface area contributed by atoms with Crippen molar-refractivity contribution in [1.82, 2.24) is 10.6 Å². The molecule has 0 fully saturated rings. The normalized spacial score (nSPS) is 12.2. The fourth-order valence-corrected chi connectivity index (χ4v) is 1.90. The predicted octanol–water partition coefficient (Wildman–Crippen LogP) is 2.76. The lowest BCUT2D eigenvalue weighted by atomic mass is 10.2. The van der Waals surface area contributed by atoms with E-state index in [9.17, 15) is 9.59 Å². The lowest BCUT2D eigenvalue weighted by Crippen LogP contribution is -2.35. The molecule has 0 aliphatic heterocycles. The van der Waals surface area contributed by atoms with E-state index in [1.807, 2.05) is 27.7 Å². The molecule has 0 aliphatic carbocycles. The molecular weight excluding hydrogens is 308 g/mol. The van der Waals surface area contributed by atoms with Gasteiger partial charge in [0, 0.05) is 28.0 Å². The van der Waals surface area contributed by atoms with Crippen LogP contribution >= 0.6 is 0 Å². The van der Waals surface area contributed by atoms with Crippen LogP contribution in [0.4, 0.5) is 0 Å². The SMILES string of the molecule is CCC(C)NC(=O)COCCOCCCCCCNC(=O)C(C)C.[HH].[HH]. The second-order valence-corrected chi connectivity index (χ2v) is 6.40. The summed E-state index contributed by atoms with van der Waals surface area (Å²) in [5, 5.41) is 5.76. The molecule has 0 spiro atoms. The van der Waals surface area contributed by atoms with Crippen molar-refractivity contribution in [3.8, 4) is 0 Å². The molecule has 0 rings (SSSR count). The first-order valence-electron chi connectivity index (χ1n) is 9.19. The minimum absolute atomic E-state index is 0. The largest absolute Gasteiger partial charge is 0.379 e. The van der Waals surface area contributed by atoms with E-state index in [4.69, 9.17) is 9.47 Å². The summed E-state index contributed by atoms with van der Waals surface area (Å²) in [5.41, 5.74) is 0. The average Bonchev–Trinajstić information content (AvgIpc) is 2.55. The van der Waals surface area contributed by atoms with Gasteiger partial charge >= 0.3 is 0 Å². The fraction of sp³-hybridized carbons (Fsp3) is 0.889. The average molecular weight is 349 g/mol. The Balaban J connectivity index is -0.00000264. The van der Waals surface area contributed by atoms with E-state index in [0.717, 1.165) is 38.6 Å². The van der Waals surface area contributed by atoms with Crippen LogP contribution < -0.4 is 10.6 Å². The van der Waals surface area contributed by atoms with Crippen molar-refractivity contribution in [3.63, 3.8) is 0 Å². The van der Waals surface area contributed by atoms with Crippen molar-refractivity contribution in [2.24, 2.45) is 5.92 Å². The zero-order chi connectivity index (χ0) is 18.2. The summed E-state index contributed by atoms with van der Waals surface area (Å²) < 4.78 is 10.7. The molecule has 0 aromatic carbocycles. The van der Waals surface area contributed by atoms with E-state index in [0.29, 0.717) is 19.8 Å². The molecular formula is C18H40N2O4. The molecule has 0 bridgehead atoms. The topological polar surface area (TPSA) is 76.7 Å². The summed E-state index contributed by atoms with van der Waals surface area (Å²) >= 11 is 0. The maximum Gasteiger partial charge on any atom is 0.246 e. The smallest absolute Gasteiger partial charge is 0.246 e.